The van der Waals surface area contributed by atoms with Crippen LogP contribution in [0.3, 0.4) is 0 Å². The van der Waals surface area contributed by atoms with Gasteiger partial charge in [-0.25, -0.2) is 4.39 Å². The van der Waals surface area contributed by atoms with Crippen LogP contribution in [0.25, 0.3) is 0 Å². The van der Waals surface area contributed by atoms with Gasteiger partial charge in [-0.3, -0.25) is 0 Å². The van der Waals surface area contributed by atoms with Crippen LogP contribution in [0.5, 0.6) is 5.75 Å². The summed E-state index contributed by atoms with van der Waals surface area (Å²) in [7, 11) is 0. The minimum Gasteiger partial charge on any atom is -0.492 e. The van der Waals surface area contributed by atoms with E-state index in [0.717, 1.165) is 37.4 Å². The zero-order valence-electron chi connectivity index (χ0n) is 10.2. The summed E-state index contributed by atoms with van der Waals surface area (Å²) >= 11 is 0. The van der Waals surface area contributed by atoms with E-state index in [-0.39, 0.29) is 11.9 Å². The van der Waals surface area contributed by atoms with Crippen molar-refractivity contribution in [2.75, 3.05) is 24.6 Å². The summed E-state index contributed by atoms with van der Waals surface area (Å²) in [4.78, 5) is 2.15. The predicted octanol–water partition coefficient (Wildman–Crippen LogP) is 2.15. The quantitative estimate of drug-likeness (QED) is 0.877. The number of anilines is 1. The molecule has 0 amide bonds. The Morgan fingerprint density at radius 2 is 2.12 bits per heavy atom. The number of halogens is 1. The summed E-state index contributed by atoms with van der Waals surface area (Å²) in [5.74, 6) is 0.530. The fraction of sp³-hybridized carbons (Fsp3) is 0.538. The first-order valence-corrected chi connectivity index (χ1v) is 6.13. The summed E-state index contributed by atoms with van der Waals surface area (Å²) in [6, 6.07) is 4.95. The smallest absolute Gasteiger partial charge is 0.142 e. The highest BCUT2D eigenvalue weighted by Crippen LogP contribution is 2.31. The number of rotatable bonds is 3. The van der Waals surface area contributed by atoms with E-state index in [1.165, 1.54) is 6.07 Å². The van der Waals surface area contributed by atoms with E-state index in [9.17, 15) is 4.39 Å². The van der Waals surface area contributed by atoms with E-state index in [1.54, 1.807) is 12.1 Å². The third kappa shape index (κ3) is 2.88. The highest BCUT2D eigenvalue weighted by Gasteiger charge is 2.19. The SMILES string of the molecule is CCOc1ccc(F)cc1N1CCC(N)CC1. The Morgan fingerprint density at radius 3 is 2.76 bits per heavy atom. The van der Waals surface area contributed by atoms with E-state index >= 15 is 0 Å². The molecular formula is C13H19FN2O. The monoisotopic (exact) mass is 238 g/mol. The fourth-order valence-corrected chi connectivity index (χ4v) is 2.16. The largest absolute Gasteiger partial charge is 0.492 e. The van der Waals surface area contributed by atoms with Crippen LogP contribution in [0.2, 0.25) is 0 Å². The normalized spacial score (nSPS) is 17.2. The number of nitrogens with two attached hydrogens (primary N) is 1. The molecule has 0 saturated carbocycles. The highest BCUT2D eigenvalue weighted by atomic mass is 19.1. The highest BCUT2D eigenvalue weighted by molar-refractivity contribution is 5.59. The van der Waals surface area contributed by atoms with E-state index in [0.29, 0.717) is 6.61 Å². The average molecular weight is 238 g/mol. The van der Waals surface area contributed by atoms with E-state index in [2.05, 4.69) is 4.90 Å². The summed E-state index contributed by atoms with van der Waals surface area (Å²) in [6.07, 6.45) is 1.89. The number of benzene rings is 1. The summed E-state index contributed by atoms with van der Waals surface area (Å²) in [6.45, 7) is 4.25. The third-order valence-electron chi connectivity index (χ3n) is 3.10. The molecule has 0 aliphatic carbocycles. The lowest BCUT2D eigenvalue weighted by molar-refractivity contribution is 0.338. The van der Waals surface area contributed by atoms with Crippen LogP contribution in [-0.4, -0.2) is 25.7 Å². The molecule has 17 heavy (non-hydrogen) atoms. The number of hydrogen-bond donors (Lipinski definition) is 1. The van der Waals surface area contributed by atoms with Crippen molar-refractivity contribution in [1.82, 2.24) is 0 Å². The molecule has 1 aliphatic rings. The van der Waals surface area contributed by atoms with Gasteiger partial charge >= 0.3 is 0 Å². The molecule has 1 heterocycles. The fourth-order valence-electron chi connectivity index (χ4n) is 2.16. The summed E-state index contributed by atoms with van der Waals surface area (Å²) in [5.41, 5.74) is 6.72. The number of piperidine rings is 1. The van der Waals surface area contributed by atoms with Crippen molar-refractivity contribution in [3.05, 3.63) is 24.0 Å². The molecule has 94 valence electrons. The minimum absolute atomic E-state index is 0.224. The van der Waals surface area contributed by atoms with Crippen LogP contribution in [0.15, 0.2) is 18.2 Å². The molecule has 1 saturated heterocycles. The van der Waals surface area contributed by atoms with Crippen LogP contribution < -0.4 is 15.4 Å². The lowest BCUT2D eigenvalue weighted by Gasteiger charge is -2.33. The van der Waals surface area contributed by atoms with Gasteiger partial charge in [-0.15, -0.1) is 0 Å². The van der Waals surface area contributed by atoms with E-state index < -0.39 is 0 Å². The molecule has 3 nitrogen and oxygen atoms in total. The molecule has 4 heteroatoms. The van der Waals surface area contributed by atoms with Crippen LogP contribution in [0, 0.1) is 5.82 Å². The average Bonchev–Trinajstić information content (AvgIpc) is 2.33. The molecule has 1 aromatic carbocycles. The van der Waals surface area contributed by atoms with Gasteiger partial charge in [0.05, 0.1) is 12.3 Å². The Balaban J connectivity index is 2.20. The second-order valence-corrected chi connectivity index (χ2v) is 4.37. The van der Waals surface area contributed by atoms with Gasteiger partial charge < -0.3 is 15.4 Å². The molecule has 0 spiro atoms. The molecule has 2 rings (SSSR count). The first kappa shape index (κ1) is 12.2. The first-order chi connectivity index (χ1) is 8.20. The zero-order chi connectivity index (χ0) is 12.3. The van der Waals surface area contributed by atoms with Gasteiger partial charge in [-0.1, -0.05) is 0 Å². The Bertz CT molecular complexity index is 376. The lowest BCUT2D eigenvalue weighted by atomic mass is 10.1. The predicted molar refractivity (Wildman–Crippen MR) is 67.0 cm³/mol. The van der Waals surface area contributed by atoms with Crippen molar-refractivity contribution in [1.29, 1.82) is 0 Å². The Morgan fingerprint density at radius 1 is 1.41 bits per heavy atom. The van der Waals surface area contributed by atoms with Crippen molar-refractivity contribution >= 4 is 5.69 Å². The minimum atomic E-state index is -0.224. The summed E-state index contributed by atoms with van der Waals surface area (Å²) in [5, 5.41) is 0. The van der Waals surface area contributed by atoms with E-state index in [4.69, 9.17) is 10.5 Å². The van der Waals surface area contributed by atoms with Gasteiger partial charge in [0, 0.05) is 25.2 Å². The van der Waals surface area contributed by atoms with Gasteiger partial charge in [0.1, 0.15) is 11.6 Å². The molecular weight excluding hydrogens is 219 g/mol. The maximum Gasteiger partial charge on any atom is 0.142 e. The molecule has 1 aromatic rings. The molecule has 1 fully saturated rings. The molecule has 0 atom stereocenters. The van der Waals surface area contributed by atoms with Crippen LogP contribution in [-0.2, 0) is 0 Å². The van der Waals surface area contributed by atoms with Gasteiger partial charge in [0.15, 0.2) is 0 Å². The number of hydrogen-bond acceptors (Lipinski definition) is 3. The van der Waals surface area contributed by atoms with Crippen LogP contribution >= 0.6 is 0 Å². The van der Waals surface area contributed by atoms with Crippen molar-refractivity contribution in [3.63, 3.8) is 0 Å². The van der Waals surface area contributed by atoms with Gasteiger partial charge in [-0.05, 0) is 31.9 Å². The number of ether oxygens (including phenoxy) is 1. The molecule has 2 N–H and O–H groups in total. The maximum absolute atomic E-state index is 13.3. The second-order valence-electron chi connectivity index (χ2n) is 4.37. The lowest BCUT2D eigenvalue weighted by Crippen LogP contribution is -2.39. The maximum atomic E-state index is 13.3. The molecule has 0 aromatic heterocycles. The van der Waals surface area contributed by atoms with Gasteiger partial charge in [0.2, 0.25) is 0 Å². The van der Waals surface area contributed by atoms with Gasteiger partial charge in [-0.2, -0.15) is 0 Å². The Hall–Kier alpha value is -1.29. The molecule has 0 radical (unpaired) electrons. The number of nitrogens with zero attached hydrogens (tertiary/aromatic N) is 1. The van der Waals surface area contributed by atoms with Crippen molar-refractivity contribution in [2.45, 2.75) is 25.8 Å². The third-order valence-corrected chi connectivity index (χ3v) is 3.10. The molecule has 0 bridgehead atoms. The topological polar surface area (TPSA) is 38.5 Å². The first-order valence-electron chi connectivity index (χ1n) is 6.13. The van der Waals surface area contributed by atoms with Crippen LogP contribution in [0.1, 0.15) is 19.8 Å². The van der Waals surface area contributed by atoms with Gasteiger partial charge in [0.25, 0.3) is 0 Å². The van der Waals surface area contributed by atoms with Crippen molar-refractivity contribution in [2.24, 2.45) is 5.73 Å². The Kier molecular flexibility index (Phi) is 3.84. The van der Waals surface area contributed by atoms with Crippen LogP contribution in [0.4, 0.5) is 10.1 Å². The Labute approximate surface area is 101 Å². The summed E-state index contributed by atoms with van der Waals surface area (Å²) < 4.78 is 18.8. The molecule has 1 aliphatic heterocycles. The zero-order valence-corrected chi connectivity index (χ0v) is 10.2. The second kappa shape index (κ2) is 5.36. The van der Waals surface area contributed by atoms with E-state index in [1.807, 2.05) is 6.92 Å². The van der Waals surface area contributed by atoms with Crippen molar-refractivity contribution < 1.29 is 9.13 Å². The standard InChI is InChI=1S/C13H19FN2O/c1-2-17-13-4-3-10(14)9-12(13)16-7-5-11(15)6-8-16/h3-4,9,11H,2,5-8,15H2,1H3. The van der Waals surface area contributed by atoms with Crippen molar-refractivity contribution in [3.8, 4) is 5.75 Å². The molecule has 0 unspecified atom stereocenters.